The number of rotatable bonds is 8. The first-order chi connectivity index (χ1) is 22.1. The predicted octanol–water partition coefficient (Wildman–Crippen LogP) is 8.49. The standard InChI is InChI=1S/C41H36N2O2/c44-40-38(24-21-30-11-3-1-4-12-30)42(28-32-19-22-34-15-7-9-17-36(34)25-32)41(45)43(39(40)27-31-13-5-2-6-14-31)29-33-20-23-35-16-8-10-18-37(35)26-33/h1-26,38-40,44H,27-29H2/b24-21+/t38?,39-,40-/m1/s1. The Kier molecular flexibility index (Phi) is 8.13. The Bertz CT molecular complexity index is 1950. The second kappa shape index (κ2) is 12.8. The van der Waals surface area contributed by atoms with Crippen LogP contribution in [0.15, 0.2) is 152 Å². The van der Waals surface area contributed by atoms with Crippen molar-refractivity contribution in [2.75, 3.05) is 0 Å². The van der Waals surface area contributed by atoms with Crippen molar-refractivity contribution in [1.29, 1.82) is 0 Å². The largest absolute Gasteiger partial charge is 0.388 e. The molecule has 6 aromatic carbocycles. The van der Waals surface area contributed by atoms with E-state index in [2.05, 4.69) is 72.8 Å². The van der Waals surface area contributed by atoms with Gasteiger partial charge in [0.05, 0.1) is 18.2 Å². The summed E-state index contributed by atoms with van der Waals surface area (Å²) in [7, 11) is 0. The molecular weight excluding hydrogens is 552 g/mol. The monoisotopic (exact) mass is 588 g/mol. The molecule has 0 aromatic heterocycles. The number of nitrogens with zero attached hydrogens (tertiary/aromatic N) is 2. The Morgan fingerprint density at radius 3 is 1.67 bits per heavy atom. The fraction of sp³-hybridized carbons (Fsp3) is 0.146. The maximum absolute atomic E-state index is 14.7. The van der Waals surface area contributed by atoms with Crippen LogP contribution in [0.5, 0.6) is 0 Å². The molecule has 4 nitrogen and oxygen atoms in total. The van der Waals surface area contributed by atoms with E-state index in [0.717, 1.165) is 43.8 Å². The van der Waals surface area contributed by atoms with Crippen molar-refractivity contribution in [2.45, 2.75) is 37.7 Å². The Hall–Kier alpha value is -5.19. The van der Waals surface area contributed by atoms with Gasteiger partial charge in [0.25, 0.3) is 0 Å². The molecule has 1 saturated heterocycles. The molecule has 2 amide bonds. The first kappa shape index (κ1) is 28.6. The lowest BCUT2D eigenvalue weighted by molar-refractivity contribution is -0.0278. The number of urea groups is 1. The van der Waals surface area contributed by atoms with Crippen molar-refractivity contribution in [3.63, 3.8) is 0 Å². The van der Waals surface area contributed by atoms with Gasteiger partial charge in [-0.2, -0.15) is 0 Å². The van der Waals surface area contributed by atoms with E-state index in [1.165, 1.54) is 0 Å². The van der Waals surface area contributed by atoms with Crippen LogP contribution in [0.3, 0.4) is 0 Å². The molecule has 0 bridgehead atoms. The summed E-state index contributed by atoms with van der Waals surface area (Å²) in [6, 6.07) is 48.5. The minimum atomic E-state index is -0.816. The Balaban J connectivity index is 1.29. The highest BCUT2D eigenvalue weighted by Crippen LogP contribution is 2.31. The van der Waals surface area contributed by atoms with Crippen LogP contribution in [0.25, 0.3) is 27.6 Å². The van der Waals surface area contributed by atoms with Crippen LogP contribution in [0.1, 0.15) is 22.3 Å². The molecule has 4 heteroatoms. The Morgan fingerprint density at radius 2 is 1.07 bits per heavy atom. The van der Waals surface area contributed by atoms with Gasteiger partial charge in [-0.25, -0.2) is 4.79 Å². The molecule has 1 unspecified atom stereocenters. The van der Waals surface area contributed by atoms with E-state index in [1.54, 1.807) is 0 Å². The number of hydrogen-bond donors (Lipinski definition) is 1. The highest BCUT2D eigenvalue weighted by atomic mass is 16.3. The number of amides is 2. The average molecular weight is 589 g/mol. The summed E-state index contributed by atoms with van der Waals surface area (Å²) in [6.07, 6.45) is 3.77. The van der Waals surface area contributed by atoms with Gasteiger partial charge < -0.3 is 14.9 Å². The smallest absolute Gasteiger partial charge is 0.321 e. The fourth-order valence-corrected chi connectivity index (χ4v) is 6.53. The molecule has 7 rings (SSSR count). The molecular formula is C41H36N2O2. The zero-order chi connectivity index (χ0) is 30.6. The van der Waals surface area contributed by atoms with E-state index in [-0.39, 0.29) is 6.03 Å². The molecule has 0 aliphatic carbocycles. The van der Waals surface area contributed by atoms with Gasteiger partial charge in [0.1, 0.15) is 0 Å². The summed E-state index contributed by atoms with van der Waals surface area (Å²) < 4.78 is 0. The molecule has 45 heavy (non-hydrogen) atoms. The number of hydrogen-bond acceptors (Lipinski definition) is 2. The summed E-state index contributed by atoms with van der Waals surface area (Å²) in [5.41, 5.74) is 4.18. The van der Waals surface area contributed by atoms with Crippen LogP contribution >= 0.6 is 0 Å². The third kappa shape index (κ3) is 6.24. The van der Waals surface area contributed by atoms with Crippen molar-refractivity contribution in [1.82, 2.24) is 9.80 Å². The first-order valence-corrected chi connectivity index (χ1v) is 15.6. The van der Waals surface area contributed by atoms with Crippen molar-refractivity contribution in [3.8, 4) is 0 Å². The summed E-state index contributed by atoms with van der Waals surface area (Å²) in [6.45, 7) is 0.790. The zero-order valence-electron chi connectivity index (χ0n) is 25.1. The molecule has 0 saturated carbocycles. The van der Waals surface area contributed by atoms with E-state index in [4.69, 9.17) is 0 Å². The van der Waals surface area contributed by atoms with Crippen LogP contribution in [0, 0.1) is 0 Å². The highest BCUT2D eigenvalue weighted by Gasteiger charge is 2.45. The molecule has 3 atom stereocenters. The van der Waals surface area contributed by atoms with Crippen LogP contribution in [-0.4, -0.2) is 39.1 Å². The number of benzene rings is 6. The van der Waals surface area contributed by atoms with E-state index in [1.807, 2.05) is 94.7 Å². The average Bonchev–Trinajstić information content (AvgIpc) is 3.09. The minimum Gasteiger partial charge on any atom is -0.388 e. The van der Waals surface area contributed by atoms with E-state index in [9.17, 15) is 9.90 Å². The number of carbonyl (C=O) groups is 1. The lowest BCUT2D eigenvalue weighted by Gasteiger charge is -2.48. The van der Waals surface area contributed by atoms with Crippen LogP contribution in [0.2, 0.25) is 0 Å². The fourth-order valence-electron chi connectivity index (χ4n) is 6.53. The third-order valence-corrected chi connectivity index (χ3v) is 8.90. The zero-order valence-corrected chi connectivity index (χ0v) is 25.1. The molecule has 1 fully saturated rings. The van der Waals surface area contributed by atoms with Crippen molar-refractivity contribution < 1.29 is 9.90 Å². The number of aliphatic hydroxyl groups is 1. The van der Waals surface area contributed by atoms with Crippen LogP contribution in [0.4, 0.5) is 4.79 Å². The second-order valence-electron chi connectivity index (χ2n) is 11.9. The van der Waals surface area contributed by atoms with Gasteiger partial charge in [0.15, 0.2) is 0 Å². The maximum atomic E-state index is 14.7. The molecule has 1 heterocycles. The molecule has 222 valence electrons. The van der Waals surface area contributed by atoms with E-state index < -0.39 is 18.2 Å². The number of aliphatic hydroxyl groups excluding tert-OH is 1. The molecule has 0 spiro atoms. The second-order valence-corrected chi connectivity index (χ2v) is 11.9. The molecule has 1 aliphatic rings. The maximum Gasteiger partial charge on any atom is 0.321 e. The van der Waals surface area contributed by atoms with Gasteiger partial charge in [-0.05, 0) is 62.4 Å². The summed E-state index contributed by atoms with van der Waals surface area (Å²) in [5, 5.41) is 16.8. The predicted molar refractivity (Wildman–Crippen MR) is 184 cm³/mol. The minimum absolute atomic E-state index is 0.0785. The normalized spacial score (nSPS) is 18.7. The molecule has 1 aliphatic heterocycles. The van der Waals surface area contributed by atoms with Gasteiger partial charge >= 0.3 is 6.03 Å². The third-order valence-electron chi connectivity index (χ3n) is 8.90. The van der Waals surface area contributed by atoms with Gasteiger partial charge in [-0.15, -0.1) is 0 Å². The Labute approximate surface area is 264 Å². The number of carbonyl (C=O) groups excluding carboxylic acids is 1. The van der Waals surface area contributed by atoms with Gasteiger partial charge in [-0.1, -0.05) is 146 Å². The van der Waals surface area contributed by atoms with E-state index in [0.29, 0.717) is 19.5 Å². The van der Waals surface area contributed by atoms with Gasteiger partial charge in [0.2, 0.25) is 0 Å². The van der Waals surface area contributed by atoms with Crippen molar-refractivity contribution in [2.24, 2.45) is 0 Å². The van der Waals surface area contributed by atoms with Gasteiger partial charge in [-0.3, -0.25) is 0 Å². The lowest BCUT2D eigenvalue weighted by atomic mass is 9.90. The van der Waals surface area contributed by atoms with Crippen molar-refractivity contribution in [3.05, 3.63) is 174 Å². The van der Waals surface area contributed by atoms with Crippen molar-refractivity contribution >= 4 is 33.7 Å². The van der Waals surface area contributed by atoms with Crippen LogP contribution < -0.4 is 0 Å². The quantitative estimate of drug-likeness (QED) is 0.194. The summed E-state index contributed by atoms with van der Waals surface area (Å²) >= 11 is 0. The Morgan fingerprint density at radius 1 is 0.556 bits per heavy atom. The number of fused-ring (bicyclic) bond motifs is 2. The topological polar surface area (TPSA) is 43.8 Å². The van der Waals surface area contributed by atoms with Crippen LogP contribution in [-0.2, 0) is 19.5 Å². The summed E-state index contributed by atoms with van der Waals surface area (Å²) in [5.74, 6) is 0. The first-order valence-electron chi connectivity index (χ1n) is 15.6. The molecule has 0 radical (unpaired) electrons. The highest BCUT2D eigenvalue weighted by molar-refractivity contribution is 5.84. The molecule has 6 aromatic rings. The lowest BCUT2D eigenvalue weighted by Crippen LogP contribution is -2.65. The SMILES string of the molecule is O=C1N(Cc2ccc3ccccc3c2)C(/C=C/c2ccccc2)[C@@H](O)[C@@H](Cc2ccccc2)N1Cc1ccc2ccccc2c1. The van der Waals surface area contributed by atoms with E-state index >= 15 is 0 Å². The van der Waals surface area contributed by atoms with Gasteiger partial charge in [0, 0.05) is 13.1 Å². The molecule has 1 N–H and O–H groups in total. The summed E-state index contributed by atoms with van der Waals surface area (Å²) in [4.78, 5) is 18.5.